The Kier molecular flexibility index (Phi) is 7.20. The summed E-state index contributed by atoms with van der Waals surface area (Å²) in [5, 5.41) is 9.71. The van der Waals surface area contributed by atoms with Gasteiger partial charge in [0.1, 0.15) is 30.5 Å². The quantitative estimate of drug-likeness (QED) is 0.259. The van der Waals surface area contributed by atoms with Crippen molar-refractivity contribution in [3.63, 3.8) is 0 Å². The van der Waals surface area contributed by atoms with Crippen molar-refractivity contribution in [2.24, 2.45) is 0 Å². The minimum atomic E-state index is -0.803. The lowest BCUT2D eigenvalue weighted by molar-refractivity contribution is -0.151. The van der Waals surface area contributed by atoms with Crippen LogP contribution in [0.25, 0.3) is 0 Å². The third-order valence-electron chi connectivity index (χ3n) is 5.56. The van der Waals surface area contributed by atoms with Gasteiger partial charge in [0.2, 0.25) is 0 Å². The second kappa shape index (κ2) is 10.1. The third kappa shape index (κ3) is 5.47. The number of carbonyl (C=O) groups is 4. The fraction of sp³-hybridized carbons (Fsp3) is 0.619. The maximum absolute atomic E-state index is 12.1. The Labute approximate surface area is 188 Å². The molecule has 33 heavy (non-hydrogen) atoms. The average Bonchev–Trinajstić information content (AvgIpc) is 3.52. The summed E-state index contributed by atoms with van der Waals surface area (Å²) in [7, 11) is 0. The summed E-state index contributed by atoms with van der Waals surface area (Å²) in [6.45, 7) is 1.58. The van der Waals surface area contributed by atoms with Crippen LogP contribution in [0, 0.1) is 0 Å². The van der Waals surface area contributed by atoms with Crippen LogP contribution in [0.4, 0.5) is 0 Å². The molecule has 12 heteroatoms. The van der Waals surface area contributed by atoms with E-state index in [0.717, 1.165) is 24.3 Å². The van der Waals surface area contributed by atoms with Crippen LogP contribution in [0.2, 0.25) is 0 Å². The molecule has 0 aromatic rings. The molecule has 180 valence electrons. The molecule has 0 bridgehead atoms. The highest BCUT2D eigenvalue weighted by Gasteiger charge is 2.51. The van der Waals surface area contributed by atoms with E-state index >= 15 is 0 Å². The van der Waals surface area contributed by atoms with Crippen molar-refractivity contribution < 1.29 is 57.4 Å². The van der Waals surface area contributed by atoms with Crippen LogP contribution >= 0.6 is 0 Å². The van der Waals surface area contributed by atoms with Crippen molar-refractivity contribution in [1.29, 1.82) is 0 Å². The number of rotatable bonds is 7. The first kappa shape index (κ1) is 23.5. The molecule has 0 saturated carbocycles. The smallest absolute Gasteiger partial charge is 0.331 e. The van der Waals surface area contributed by atoms with Crippen molar-refractivity contribution in [3.05, 3.63) is 24.3 Å². The van der Waals surface area contributed by atoms with Gasteiger partial charge in [0.25, 0.3) is 0 Å². The Morgan fingerprint density at radius 1 is 0.636 bits per heavy atom. The molecule has 4 rings (SSSR count). The molecule has 12 nitrogen and oxygen atoms in total. The molecule has 0 aromatic heterocycles. The average molecular weight is 468 g/mol. The SMILES string of the molecule is CC(=O)C=CC(=O)O[C@H]1CO[C@H]2[C@@H]1OC[C@@H]2OC(=O)C=CC(=O)O[C@H]1CO[C@H]2[C@@H]1OC[C@@H]2O. The first-order valence-electron chi connectivity index (χ1n) is 10.4. The van der Waals surface area contributed by atoms with Gasteiger partial charge in [0, 0.05) is 18.2 Å². The number of fused-ring (bicyclic) bond motifs is 2. The largest absolute Gasteiger partial charge is 0.454 e. The summed E-state index contributed by atoms with van der Waals surface area (Å²) in [5.74, 6) is -2.58. The second-order valence-electron chi connectivity index (χ2n) is 7.96. The Balaban J connectivity index is 1.22. The molecular formula is C21H24O12. The molecule has 0 aromatic carbocycles. The molecule has 0 unspecified atom stereocenters. The van der Waals surface area contributed by atoms with Gasteiger partial charge in [-0.2, -0.15) is 0 Å². The zero-order chi connectivity index (χ0) is 23.5. The van der Waals surface area contributed by atoms with Gasteiger partial charge in [-0.3, -0.25) is 4.79 Å². The molecular weight excluding hydrogens is 444 g/mol. The van der Waals surface area contributed by atoms with Crippen molar-refractivity contribution in [3.8, 4) is 0 Å². The number of hydrogen-bond donors (Lipinski definition) is 1. The molecule has 1 N–H and O–H groups in total. The number of ether oxygens (including phenoxy) is 7. The number of allylic oxidation sites excluding steroid dienone is 1. The first-order chi connectivity index (χ1) is 15.8. The lowest BCUT2D eigenvalue weighted by Crippen LogP contribution is -2.35. The standard InChI is InChI=1S/C21H24O12/c1-10(22)2-3-15(24)32-13-8-29-21-14(9-30-20(13)21)33-17(26)5-4-16(25)31-12-7-28-18-11(23)6-27-19(12)18/h2-5,11-14,18-21,23H,6-9H2,1H3/t11-,12-,13-,14-,18+,19+,20+,21+/m0/s1. The van der Waals surface area contributed by atoms with E-state index in [1.165, 1.54) is 6.92 Å². The number of esters is 3. The van der Waals surface area contributed by atoms with Crippen LogP contribution in [0.5, 0.6) is 0 Å². The molecule has 0 amide bonds. The Morgan fingerprint density at radius 2 is 1.00 bits per heavy atom. The molecule has 4 fully saturated rings. The van der Waals surface area contributed by atoms with E-state index in [2.05, 4.69) is 0 Å². The normalized spacial score (nSPS) is 37.3. The minimum absolute atomic E-state index is 0.0266. The van der Waals surface area contributed by atoms with Crippen molar-refractivity contribution in [1.82, 2.24) is 0 Å². The van der Waals surface area contributed by atoms with E-state index in [1.807, 2.05) is 0 Å². The number of ketones is 1. The summed E-state index contributed by atoms with van der Waals surface area (Å²) in [6, 6.07) is 0. The zero-order valence-electron chi connectivity index (χ0n) is 17.7. The van der Waals surface area contributed by atoms with Crippen LogP contribution in [0.1, 0.15) is 6.92 Å². The third-order valence-corrected chi connectivity index (χ3v) is 5.56. The van der Waals surface area contributed by atoms with Crippen molar-refractivity contribution in [2.75, 3.05) is 26.4 Å². The van der Waals surface area contributed by atoms with Gasteiger partial charge in [-0.25, -0.2) is 14.4 Å². The lowest BCUT2D eigenvalue weighted by atomic mass is 10.1. The molecule has 4 aliphatic rings. The van der Waals surface area contributed by atoms with Crippen molar-refractivity contribution in [2.45, 2.75) is 55.8 Å². The Hall–Kier alpha value is -2.64. The van der Waals surface area contributed by atoms with E-state index < -0.39 is 66.7 Å². The lowest BCUT2D eigenvalue weighted by Gasteiger charge is -2.16. The summed E-state index contributed by atoms with van der Waals surface area (Å²) in [6.07, 6.45) is -1.28. The van der Waals surface area contributed by atoms with Gasteiger partial charge in [-0.15, -0.1) is 0 Å². The van der Waals surface area contributed by atoms with E-state index in [1.54, 1.807) is 0 Å². The van der Waals surface area contributed by atoms with E-state index in [0.29, 0.717) is 0 Å². The molecule has 0 spiro atoms. The fourth-order valence-electron chi connectivity index (χ4n) is 4.06. The van der Waals surface area contributed by atoms with Gasteiger partial charge < -0.3 is 38.3 Å². The van der Waals surface area contributed by atoms with Gasteiger partial charge in [-0.1, -0.05) is 0 Å². The minimum Gasteiger partial charge on any atom is -0.454 e. The molecule has 8 atom stereocenters. The molecule has 4 saturated heterocycles. The van der Waals surface area contributed by atoms with Crippen molar-refractivity contribution >= 4 is 23.7 Å². The van der Waals surface area contributed by atoms with E-state index in [-0.39, 0.29) is 32.2 Å². The highest BCUT2D eigenvalue weighted by Crippen LogP contribution is 2.31. The van der Waals surface area contributed by atoms with E-state index in [9.17, 15) is 24.3 Å². The maximum Gasteiger partial charge on any atom is 0.331 e. The number of hydrogen-bond acceptors (Lipinski definition) is 12. The van der Waals surface area contributed by atoms with Gasteiger partial charge in [-0.05, 0) is 13.0 Å². The summed E-state index contributed by atoms with van der Waals surface area (Å²) < 4.78 is 37.6. The summed E-state index contributed by atoms with van der Waals surface area (Å²) >= 11 is 0. The maximum atomic E-state index is 12.1. The summed E-state index contributed by atoms with van der Waals surface area (Å²) in [4.78, 5) is 46.8. The predicted molar refractivity (Wildman–Crippen MR) is 104 cm³/mol. The predicted octanol–water partition coefficient (Wildman–Crippen LogP) is -1.62. The number of aliphatic hydroxyl groups is 1. The van der Waals surface area contributed by atoms with Crippen LogP contribution in [-0.4, -0.2) is 104 Å². The molecule has 4 heterocycles. The van der Waals surface area contributed by atoms with Crippen LogP contribution < -0.4 is 0 Å². The van der Waals surface area contributed by atoms with Gasteiger partial charge in [0.15, 0.2) is 24.1 Å². The second-order valence-corrected chi connectivity index (χ2v) is 7.96. The summed E-state index contributed by atoms with van der Waals surface area (Å²) in [5.41, 5.74) is 0. The molecule has 0 radical (unpaired) electrons. The highest BCUT2D eigenvalue weighted by molar-refractivity contribution is 5.94. The Bertz CT molecular complexity index is 850. The number of carbonyl (C=O) groups excluding carboxylic acids is 4. The van der Waals surface area contributed by atoms with Crippen LogP contribution in [0.15, 0.2) is 24.3 Å². The zero-order valence-corrected chi connectivity index (χ0v) is 17.7. The Morgan fingerprint density at radius 3 is 1.45 bits per heavy atom. The molecule has 0 aliphatic carbocycles. The monoisotopic (exact) mass is 468 g/mol. The first-order valence-corrected chi connectivity index (χ1v) is 10.4. The van der Waals surface area contributed by atoms with Crippen LogP contribution in [-0.2, 0) is 52.3 Å². The molecule has 4 aliphatic heterocycles. The van der Waals surface area contributed by atoms with E-state index in [4.69, 9.17) is 33.2 Å². The highest BCUT2D eigenvalue weighted by atomic mass is 16.7. The van der Waals surface area contributed by atoms with Gasteiger partial charge in [0.05, 0.1) is 26.4 Å². The topological polar surface area (TPSA) is 153 Å². The fourth-order valence-corrected chi connectivity index (χ4v) is 4.06. The number of aliphatic hydroxyl groups excluding tert-OH is 1. The van der Waals surface area contributed by atoms with Gasteiger partial charge >= 0.3 is 17.9 Å². The van der Waals surface area contributed by atoms with Crippen LogP contribution in [0.3, 0.4) is 0 Å².